The molecular weight excluding hydrogens is 270 g/mol. The topological polar surface area (TPSA) is 75.6 Å². The summed E-state index contributed by atoms with van der Waals surface area (Å²) in [5.74, 6) is -0.834. The molecule has 0 aliphatic carbocycles. The molecule has 0 spiro atoms. The summed E-state index contributed by atoms with van der Waals surface area (Å²) >= 11 is 0. The molecule has 2 rings (SSSR count). The van der Waals surface area contributed by atoms with Gasteiger partial charge in [0.05, 0.1) is 5.56 Å². The van der Waals surface area contributed by atoms with Crippen molar-refractivity contribution in [2.45, 2.75) is 6.92 Å². The molecule has 2 aromatic rings. The lowest BCUT2D eigenvalue weighted by Gasteiger charge is -2.08. The van der Waals surface area contributed by atoms with Crippen LogP contribution in [0.4, 0.5) is 5.69 Å². The molecule has 5 nitrogen and oxygen atoms in total. The highest BCUT2D eigenvalue weighted by atomic mass is 16.5. The van der Waals surface area contributed by atoms with Crippen LogP contribution in [0.3, 0.4) is 0 Å². The Hall–Kier alpha value is -2.82. The number of hydrogen-bond acceptors (Lipinski definition) is 3. The molecule has 0 heterocycles. The molecule has 0 aromatic heterocycles. The lowest BCUT2D eigenvalue weighted by Crippen LogP contribution is -2.20. The summed E-state index contributed by atoms with van der Waals surface area (Å²) in [6, 6.07) is 13.3. The molecule has 0 fully saturated rings. The van der Waals surface area contributed by atoms with Crippen molar-refractivity contribution in [3.63, 3.8) is 0 Å². The van der Waals surface area contributed by atoms with E-state index in [1.54, 1.807) is 0 Å². The Kier molecular flexibility index (Phi) is 4.56. The first-order valence-corrected chi connectivity index (χ1v) is 6.37. The fourth-order valence-electron chi connectivity index (χ4n) is 1.68. The van der Waals surface area contributed by atoms with Gasteiger partial charge in [-0.2, -0.15) is 0 Å². The Balaban J connectivity index is 1.86. The third-order valence-electron chi connectivity index (χ3n) is 2.81. The van der Waals surface area contributed by atoms with Gasteiger partial charge in [0, 0.05) is 5.69 Å². The van der Waals surface area contributed by atoms with Gasteiger partial charge in [0.25, 0.3) is 5.91 Å². The van der Waals surface area contributed by atoms with E-state index in [-0.39, 0.29) is 18.1 Å². The Labute approximate surface area is 122 Å². The predicted octanol–water partition coefficient (Wildman–Crippen LogP) is 2.71. The Morgan fingerprint density at radius 2 is 1.67 bits per heavy atom. The fraction of sp³-hybridized carbons (Fsp3) is 0.125. The Morgan fingerprint density at radius 3 is 2.24 bits per heavy atom. The zero-order valence-electron chi connectivity index (χ0n) is 11.5. The van der Waals surface area contributed by atoms with Crippen molar-refractivity contribution in [2.75, 3.05) is 11.9 Å². The lowest BCUT2D eigenvalue weighted by molar-refractivity contribution is -0.118. The number of carboxylic acids is 1. The predicted molar refractivity (Wildman–Crippen MR) is 78.7 cm³/mol. The number of anilines is 1. The molecule has 0 aliphatic heterocycles. The zero-order valence-corrected chi connectivity index (χ0v) is 11.5. The number of ether oxygens (including phenoxy) is 1. The summed E-state index contributed by atoms with van der Waals surface area (Å²) < 4.78 is 5.29. The molecule has 2 N–H and O–H groups in total. The van der Waals surface area contributed by atoms with E-state index in [1.165, 1.54) is 24.3 Å². The van der Waals surface area contributed by atoms with Crippen LogP contribution in [0.1, 0.15) is 15.9 Å². The second-order valence-corrected chi connectivity index (χ2v) is 4.53. The summed E-state index contributed by atoms with van der Waals surface area (Å²) in [6.07, 6.45) is 0. The zero-order chi connectivity index (χ0) is 15.2. The standard InChI is InChI=1S/C16H15NO4/c1-11-2-6-13(7-3-11)17-15(18)10-21-14-8-4-12(5-9-14)16(19)20/h2-9H,10H2,1H3,(H,17,18)(H,19,20). The van der Waals surface area contributed by atoms with E-state index in [0.29, 0.717) is 11.4 Å². The number of carboxylic acid groups (broad SMARTS) is 1. The molecule has 108 valence electrons. The quantitative estimate of drug-likeness (QED) is 0.885. The van der Waals surface area contributed by atoms with Crippen LogP contribution in [0.5, 0.6) is 5.75 Å². The van der Waals surface area contributed by atoms with Crippen molar-refractivity contribution in [3.05, 3.63) is 59.7 Å². The van der Waals surface area contributed by atoms with Gasteiger partial charge >= 0.3 is 5.97 Å². The molecule has 0 radical (unpaired) electrons. The Bertz CT molecular complexity index is 632. The van der Waals surface area contributed by atoms with Crippen molar-refractivity contribution < 1.29 is 19.4 Å². The third-order valence-corrected chi connectivity index (χ3v) is 2.81. The number of amides is 1. The van der Waals surface area contributed by atoms with Gasteiger partial charge in [-0.05, 0) is 43.3 Å². The fourth-order valence-corrected chi connectivity index (χ4v) is 1.68. The summed E-state index contributed by atoms with van der Waals surface area (Å²) in [6.45, 7) is 1.83. The van der Waals surface area contributed by atoms with E-state index >= 15 is 0 Å². The van der Waals surface area contributed by atoms with Crippen LogP contribution in [-0.4, -0.2) is 23.6 Å². The van der Waals surface area contributed by atoms with Crippen LogP contribution in [0, 0.1) is 6.92 Å². The molecule has 5 heteroatoms. The number of benzene rings is 2. The molecular formula is C16H15NO4. The number of aryl methyl sites for hydroxylation is 1. The number of carbonyl (C=O) groups is 2. The van der Waals surface area contributed by atoms with Gasteiger partial charge in [0.2, 0.25) is 0 Å². The molecule has 0 aliphatic rings. The van der Waals surface area contributed by atoms with Gasteiger partial charge < -0.3 is 15.2 Å². The molecule has 0 unspecified atom stereocenters. The van der Waals surface area contributed by atoms with Gasteiger partial charge in [-0.1, -0.05) is 17.7 Å². The molecule has 21 heavy (non-hydrogen) atoms. The number of hydrogen-bond donors (Lipinski definition) is 2. The second-order valence-electron chi connectivity index (χ2n) is 4.53. The van der Waals surface area contributed by atoms with Crippen LogP contribution < -0.4 is 10.1 Å². The first-order valence-electron chi connectivity index (χ1n) is 6.37. The van der Waals surface area contributed by atoms with E-state index in [1.807, 2.05) is 31.2 Å². The first kappa shape index (κ1) is 14.6. The normalized spacial score (nSPS) is 9.95. The molecule has 1 amide bonds. The molecule has 0 saturated carbocycles. The average molecular weight is 285 g/mol. The van der Waals surface area contributed by atoms with Crippen molar-refractivity contribution in [1.29, 1.82) is 0 Å². The number of carbonyl (C=O) groups excluding carboxylic acids is 1. The molecule has 0 atom stereocenters. The highest BCUT2D eigenvalue weighted by Crippen LogP contribution is 2.13. The van der Waals surface area contributed by atoms with Crippen LogP contribution >= 0.6 is 0 Å². The largest absolute Gasteiger partial charge is 0.484 e. The van der Waals surface area contributed by atoms with Crippen molar-refractivity contribution >= 4 is 17.6 Å². The van der Waals surface area contributed by atoms with Crippen LogP contribution in [-0.2, 0) is 4.79 Å². The van der Waals surface area contributed by atoms with Gasteiger partial charge in [0.1, 0.15) is 5.75 Å². The van der Waals surface area contributed by atoms with E-state index in [9.17, 15) is 9.59 Å². The Morgan fingerprint density at radius 1 is 1.05 bits per heavy atom. The minimum absolute atomic E-state index is 0.139. The van der Waals surface area contributed by atoms with Crippen LogP contribution in [0.2, 0.25) is 0 Å². The van der Waals surface area contributed by atoms with E-state index in [0.717, 1.165) is 5.56 Å². The average Bonchev–Trinajstić information content (AvgIpc) is 2.48. The SMILES string of the molecule is Cc1ccc(NC(=O)COc2ccc(C(=O)O)cc2)cc1. The van der Waals surface area contributed by atoms with Crippen molar-refractivity contribution in [2.24, 2.45) is 0 Å². The smallest absolute Gasteiger partial charge is 0.335 e. The molecule has 0 saturated heterocycles. The second kappa shape index (κ2) is 6.56. The van der Waals surface area contributed by atoms with E-state index in [2.05, 4.69) is 5.32 Å². The van der Waals surface area contributed by atoms with Crippen molar-refractivity contribution in [3.8, 4) is 5.75 Å². The monoisotopic (exact) mass is 285 g/mol. The molecule has 2 aromatic carbocycles. The minimum Gasteiger partial charge on any atom is -0.484 e. The van der Waals surface area contributed by atoms with Gasteiger partial charge in [0.15, 0.2) is 6.61 Å². The van der Waals surface area contributed by atoms with Gasteiger partial charge in [-0.15, -0.1) is 0 Å². The van der Waals surface area contributed by atoms with Gasteiger partial charge in [-0.25, -0.2) is 4.79 Å². The molecule has 0 bridgehead atoms. The van der Waals surface area contributed by atoms with Gasteiger partial charge in [-0.3, -0.25) is 4.79 Å². The lowest BCUT2D eigenvalue weighted by atomic mass is 10.2. The maximum absolute atomic E-state index is 11.7. The number of rotatable bonds is 5. The van der Waals surface area contributed by atoms with Crippen LogP contribution in [0.15, 0.2) is 48.5 Å². The minimum atomic E-state index is -1.00. The summed E-state index contributed by atoms with van der Waals surface area (Å²) in [5, 5.41) is 11.5. The third kappa shape index (κ3) is 4.35. The van der Waals surface area contributed by atoms with Crippen LogP contribution in [0.25, 0.3) is 0 Å². The highest BCUT2D eigenvalue weighted by molar-refractivity contribution is 5.92. The maximum atomic E-state index is 11.7. The van der Waals surface area contributed by atoms with E-state index in [4.69, 9.17) is 9.84 Å². The summed E-state index contributed by atoms with van der Waals surface area (Å²) in [4.78, 5) is 22.4. The number of aromatic carboxylic acids is 1. The first-order chi connectivity index (χ1) is 10.0. The highest BCUT2D eigenvalue weighted by Gasteiger charge is 2.05. The van der Waals surface area contributed by atoms with E-state index < -0.39 is 5.97 Å². The van der Waals surface area contributed by atoms with Crippen molar-refractivity contribution in [1.82, 2.24) is 0 Å². The summed E-state index contributed by atoms with van der Waals surface area (Å²) in [5.41, 5.74) is 1.99. The summed E-state index contributed by atoms with van der Waals surface area (Å²) in [7, 11) is 0. The maximum Gasteiger partial charge on any atom is 0.335 e. The number of nitrogens with one attached hydrogen (secondary N) is 1.